The van der Waals surface area contributed by atoms with Crippen LogP contribution in [0.1, 0.15) is 37.3 Å². The largest absolute Gasteiger partial charge is 0.339 e. The number of nitrogens with two attached hydrogens (primary N) is 1. The number of benzene rings is 1. The second kappa shape index (κ2) is 6.53. The second-order valence-corrected chi connectivity index (χ2v) is 5.38. The maximum Gasteiger partial charge on any atom is 0.224 e. The number of nitriles is 1. The van der Waals surface area contributed by atoms with E-state index in [2.05, 4.69) is 6.07 Å². The molecule has 0 aliphatic heterocycles. The van der Waals surface area contributed by atoms with Crippen LogP contribution in [0.3, 0.4) is 0 Å². The van der Waals surface area contributed by atoms with Crippen molar-refractivity contribution in [1.82, 2.24) is 4.90 Å². The summed E-state index contributed by atoms with van der Waals surface area (Å²) in [6.07, 6.45) is 2.71. The molecule has 0 spiro atoms. The fourth-order valence-corrected chi connectivity index (χ4v) is 2.37. The van der Waals surface area contributed by atoms with Crippen LogP contribution in [0.2, 0.25) is 0 Å². The van der Waals surface area contributed by atoms with Gasteiger partial charge < -0.3 is 10.6 Å². The highest BCUT2D eigenvalue weighted by atomic mass is 16.2. The quantitative estimate of drug-likeness (QED) is 0.860. The third-order valence-corrected chi connectivity index (χ3v) is 3.87. The van der Waals surface area contributed by atoms with Gasteiger partial charge in [0.05, 0.1) is 11.6 Å². The predicted octanol–water partition coefficient (Wildman–Crippen LogP) is 2.03. The fraction of sp³-hybridized carbons (Fsp3) is 0.500. The molecule has 1 unspecified atom stereocenters. The first-order valence-corrected chi connectivity index (χ1v) is 7.17. The Kier molecular flexibility index (Phi) is 4.75. The lowest BCUT2D eigenvalue weighted by Gasteiger charge is -2.23. The van der Waals surface area contributed by atoms with Crippen molar-refractivity contribution in [2.75, 3.05) is 6.54 Å². The monoisotopic (exact) mass is 271 g/mol. The van der Waals surface area contributed by atoms with Gasteiger partial charge in [-0.25, -0.2) is 0 Å². The zero-order valence-electron chi connectivity index (χ0n) is 11.9. The maximum atomic E-state index is 12.3. The van der Waals surface area contributed by atoms with Crippen molar-refractivity contribution in [1.29, 1.82) is 5.26 Å². The van der Waals surface area contributed by atoms with E-state index in [1.54, 1.807) is 11.0 Å². The van der Waals surface area contributed by atoms with E-state index in [1.807, 2.05) is 25.1 Å². The molecule has 0 bridgehead atoms. The predicted molar refractivity (Wildman–Crippen MR) is 77.6 cm³/mol. The molecule has 1 saturated carbocycles. The number of hydrogen-bond donors (Lipinski definition) is 1. The van der Waals surface area contributed by atoms with E-state index in [0.29, 0.717) is 31.0 Å². The minimum absolute atomic E-state index is 0.0113. The van der Waals surface area contributed by atoms with Crippen LogP contribution in [0.15, 0.2) is 24.3 Å². The fourth-order valence-electron chi connectivity index (χ4n) is 2.37. The lowest BCUT2D eigenvalue weighted by atomic mass is 10.1. The van der Waals surface area contributed by atoms with Gasteiger partial charge in [0, 0.05) is 25.6 Å². The molecule has 0 radical (unpaired) electrons. The van der Waals surface area contributed by atoms with E-state index in [0.717, 1.165) is 18.4 Å². The van der Waals surface area contributed by atoms with Crippen LogP contribution in [0.25, 0.3) is 0 Å². The van der Waals surface area contributed by atoms with Gasteiger partial charge in [-0.3, -0.25) is 4.79 Å². The minimum Gasteiger partial charge on any atom is -0.339 e. The molecule has 106 valence electrons. The van der Waals surface area contributed by atoms with E-state index >= 15 is 0 Å². The highest BCUT2D eigenvalue weighted by Gasteiger charge is 2.30. The molecule has 2 rings (SSSR count). The first-order chi connectivity index (χ1) is 9.65. The van der Waals surface area contributed by atoms with Gasteiger partial charge in [-0.05, 0) is 37.3 Å². The molecular weight excluding hydrogens is 250 g/mol. The summed E-state index contributed by atoms with van der Waals surface area (Å²) in [6.45, 7) is 3.07. The molecule has 20 heavy (non-hydrogen) atoms. The van der Waals surface area contributed by atoms with Crippen LogP contribution >= 0.6 is 0 Å². The summed E-state index contributed by atoms with van der Waals surface area (Å²) >= 11 is 0. The molecule has 0 aromatic heterocycles. The SMILES string of the molecule is CCN(Cc1ccccc1C#N)C(=O)CC(N)C1CC1. The average molecular weight is 271 g/mol. The molecule has 0 heterocycles. The Bertz CT molecular complexity index is 517. The molecule has 2 N–H and O–H groups in total. The number of hydrogen-bond acceptors (Lipinski definition) is 3. The summed E-state index contributed by atoms with van der Waals surface area (Å²) in [6, 6.07) is 9.57. The number of amides is 1. The van der Waals surface area contributed by atoms with Gasteiger partial charge in [-0.1, -0.05) is 18.2 Å². The van der Waals surface area contributed by atoms with Crippen LogP contribution in [0.5, 0.6) is 0 Å². The molecule has 1 amide bonds. The second-order valence-electron chi connectivity index (χ2n) is 5.38. The summed E-state index contributed by atoms with van der Waals surface area (Å²) < 4.78 is 0. The molecule has 1 fully saturated rings. The molecule has 1 aliphatic carbocycles. The van der Waals surface area contributed by atoms with E-state index in [4.69, 9.17) is 11.0 Å². The van der Waals surface area contributed by atoms with Gasteiger partial charge in [0.2, 0.25) is 5.91 Å². The van der Waals surface area contributed by atoms with Crippen LogP contribution in [-0.2, 0) is 11.3 Å². The molecule has 0 saturated heterocycles. The minimum atomic E-state index is -0.0113. The van der Waals surface area contributed by atoms with Crippen molar-refractivity contribution in [2.45, 2.75) is 38.8 Å². The lowest BCUT2D eigenvalue weighted by Crippen LogP contribution is -2.36. The van der Waals surface area contributed by atoms with Crippen molar-refractivity contribution in [3.05, 3.63) is 35.4 Å². The Hall–Kier alpha value is -1.86. The van der Waals surface area contributed by atoms with Gasteiger partial charge >= 0.3 is 0 Å². The van der Waals surface area contributed by atoms with Gasteiger partial charge in [0.15, 0.2) is 0 Å². The Morgan fingerprint density at radius 3 is 2.80 bits per heavy atom. The average Bonchev–Trinajstić information content (AvgIpc) is 3.29. The van der Waals surface area contributed by atoms with Gasteiger partial charge in [-0.15, -0.1) is 0 Å². The van der Waals surface area contributed by atoms with Gasteiger partial charge in [0.1, 0.15) is 0 Å². The summed E-state index contributed by atoms with van der Waals surface area (Å²) in [7, 11) is 0. The summed E-state index contributed by atoms with van der Waals surface area (Å²) in [4.78, 5) is 14.1. The van der Waals surface area contributed by atoms with E-state index in [1.165, 1.54) is 0 Å². The lowest BCUT2D eigenvalue weighted by molar-refractivity contribution is -0.132. The molecule has 4 heteroatoms. The smallest absolute Gasteiger partial charge is 0.224 e. The Morgan fingerprint density at radius 1 is 1.50 bits per heavy atom. The van der Waals surface area contributed by atoms with Crippen LogP contribution in [-0.4, -0.2) is 23.4 Å². The number of rotatable bonds is 6. The van der Waals surface area contributed by atoms with Crippen LogP contribution < -0.4 is 5.73 Å². The van der Waals surface area contributed by atoms with Gasteiger partial charge in [0.25, 0.3) is 0 Å². The normalized spacial score (nSPS) is 15.4. The Morgan fingerprint density at radius 2 is 2.20 bits per heavy atom. The molecule has 1 atom stereocenters. The number of nitrogens with zero attached hydrogens (tertiary/aromatic N) is 2. The summed E-state index contributed by atoms with van der Waals surface area (Å²) in [5.41, 5.74) is 7.55. The van der Waals surface area contributed by atoms with Crippen LogP contribution in [0, 0.1) is 17.2 Å². The zero-order chi connectivity index (χ0) is 14.5. The van der Waals surface area contributed by atoms with E-state index in [-0.39, 0.29) is 11.9 Å². The van der Waals surface area contributed by atoms with E-state index < -0.39 is 0 Å². The van der Waals surface area contributed by atoms with Crippen molar-refractivity contribution in [3.63, 3.8) is 0 Å². The topological polar surface area (TPSA) is 70.1 Å². The molecule has 1 aromatic carbocycles. The molecule has 1 aromatic rings. The number of carbonyl (C=O) groups is 1. The van der Waals surface area contributed by atoms with E-state index in [9.17, 15) is 4.79 Å². The summed E-state index contributed by atoms with van der Waals surface area (Å²) in [5, 5.41) is 9.10. The standard InChI is InChI=1S/C16H21N3O/c1-2-19(16(20)9-15(18)12-7-8-12)11-14-6-4-3-5-13(14)10-17/h3-6,12,15H,2,7-9,11,18H2,1H3. The molecule has 4 nitrogen and oxygen atoms in total. The van der Waals surface area contributed by atoms with Gasteiger partial charge in [-0.2, -0.15) is 5.26 Å². The van der Waals surface area contributed by atoms with Crippen molar-refractivity contribution in [2.24, 2.45) is 11.7 Å². The zero-order valence-corrected chi connectivity index (χ0v) is 11.9. The molecule has 1 aliphatic rings. The third-order valence-electron chi connectivity index (χ3n) is 3.87. The Balaban J connectivity index is 2.00. The number of carbonyl (C=O) groups excluding carboxylic acids is 1. The van der Waals surface area contributed by atoms with Crippen molar-refractivity contribution >= 4 is 5.91 Å². The highest BCUT2D eigenvalue weighted by Crippen LogP contribution is 2.33. The van der Waals surface area contributed by atoms with Crippen LogP contribution in [0.4, 0.5) is 0 Å². The maximum absolute atomic E-state index is 12.3. The molecular formula is C16H21N3O. The first-order valence-electron chi connectivity index (χ1n) is 7.17. The summed E-state index contributed by atoms with van der Waals surface area (Å²) in [5.74, 6) is 0.615. The Labute approximate surface area is 120 Å². The van der Waals surface area contributed by atoms with Crippen molar-refractivity contribution < 1.29 is 4.79 Å². The highest BCUT2D eigenvalue weighted by molar-refractivity contribution is 5.77. The van der Waals surface area contributed by atoms with Crippen molar-refractivity contribution in [3.8, 4) is 6.07 Å². The third kappa shape index (κ3) is 3.58. The first kappa shape index (κ1) is 14.5.